The molecule has 5 rings (SSSR count). The minimum atomic E-state index is -0.526. The Morgan fingerprint density at radius 3 is 2.53 bits per heavy atom. The van der Waals surface area contributed by atoms with Crippen LogP contribution in [0.15, 0.2) is 48.5 Å². The average molecular weight is 517 g/mol. The van der Waals surface area contributed by atoms with Gasteiger partial charge in [0.05, 0.1) is 24.1 Å². The van der Waals surface area contributed by atoms with Crippen molar-refractivity contribution < 1.29 is 9.13 Å². The number of anilines is 2. The van der Waals surface area contributed by atoms with Gasteiger partial charge in [-0.2, -0.15) is 0 Å². The molecule has 1 aromatic heterocycles. The molecule has 7 nitrogen and oxygen atoms in total. The quantitative estimate of drug-likeness (QED) is 0.351. The number of rotatable bonds is 8. The predicted molar refractivity (Wildman–Crippen MR) is 151 cm³/mol. The smallest absolute Gasteiger partial charge is 0.222 e. The van der Waals surface area contributed by atoms with Crippen molar-refractivity contribution >= 4 is 17.2 Å². The monoisotopic (exact) mass is 516 g/mol. The number of hydrogen-bond donors (Lipinski definition) is 2. The molecule has 0 spiro atoms. The summed E-state index contributed by atoms with van der Waals surface area (Å²) in [6.45, 7) is 12.8. The zero-order valence-corrected chi connectivity index (χ0v) is 22.1. The molecule has 200 valence electrons. The van der Waals surface area contributed by atoms with E-state index < -0.39 is 5.82 Å². The van der Waals surface area contributed by atoms with E-state index in [1.807, 2.05) is 10.7 Å². The van der Waals surface area contributed by atoms with Crippen LogP contribution in [-0.4, -0.2) is 48.2 Å². The SMILES string of the molecule is [C-]#[N+]c1ccc(-c2cc(NC[C@H]3CCC[C@H](N)C3)nn2-c2ccc(N3CCC(OCC)CC3)cc2)cc1F. The van der Waals surface area contributed by atoms with Gasteiger partial charge in [-0.25, -0.2) is 13.9 Å². The summed E-state index contributed by atoms with van der Waals surface area (Å²) in [5.74, 6) is 0.742. The molecule has 0 bridgehead atoms. The molecular weight excluding hydrogens is 479 g/mol. The topological polar surface area (TPSA) is 72.7 Å². The van der Waals surface area contributed by atoms with Crippen molar-refractivity contribution in [2.75, 3.05) is 36.5 Å². The summed E-state index contributed by atoms with van der Waals surface area (Å²) in [7, 11) is 0. The molecule has 8 heteroatoms. The van der Waals surface area contributed by atoms with Gasteiger partial charge >= 0.3 is 0 Å². The molecule has 38 heavy (non-hydrogen) atoms. The third-order valence-electron chi connectivity index (χ3n) is 7.77. The summed E-state index contributed by atoms with van der Waals surface area (Å²) in [5.41, 5.74) is 9.73. The van der Waals surface area contributed by atoms with Gasteiger partial charge in [-0.15, -0.1) is 5.10 Å². The fourth-order valence-corrected chi connectivity index (χ4v) is 5.71. The highest BCUT2D eigenvalue weighted by Crippen LogP contribution is 2.31. The number of benzene rings is 2. The van der Waals surface area contributed by atoms with Crippen molar-refractivity contribution in [2.45, 2.75) is 57.6 Å². The molecule has 3 N–H and O–H groups in total. The van der Waals surface area contributed by atoms with Crippen LogP contribution in [0.5, 0.6) is 0 Å². The third kappa shape index (κ3) is 6.01. The van der Waals surface area contributed by atoms with E-state index in [1.54, 1.807) is 6.07 Å². The van der Waals surface area contributed by atoms with Crippen LogP contribution >= 0.6 is 0 Å². The lowest BCUT2D eigenvalue weighted by Gasteiger charge is -2.33. The van der Waals surface area contributed by atoms with E-state index in [4.69, 9.17) is 22.1 Å². The number of hydrogen-bond acceptors (Lipinski definition) is 5. The van der Waals surface area contributed by atoms with Gasteiger partial charge in [0, 0.05) is 49.6 Å². The van der Waals surface area contributed by atoms with E-state index in [9.17, 15) is 4.39 Å². The number of aromatic nitrogens is 2. The fraction of sp³-hybridized carbons (Fsp3) is 0.467. The number of nitrogens with one attached hydrogen (secondary N) is 1. The van der Waals surface area contributed by atoms with E-state index in [2.05, 4.69) is 46.3 Å². The Kier molecular flexibility index (Phi) is 8.26. The third-order valence-corrected chi connectivity index (χ3v) is 7.77. The average Bonchev–Trinajstić information content (AvgIpc) is 3.37. The maximum absolute atomic E-state index is 14.6. The van der Waals surface area contributed by atoms with Crippen molar-refractivity contribution in [3.8, 4) is 16.9 Å². The highest BCUT2D eigenvalue weighted by molar-refractivity contribution is 5.69. The van der Waals surface area contributed by atoms with Crippen LogP contribution in [0.4, 0.5) is 21.6 Å². The standard InChI is InChI=1S/C30H37FN6O/c1-3-38-26-13-15-36(16-14-26)24-8-10-25(11-9-24)37-29(22-7-12-28(33-2)27(31)18-22)19-30(35-37)34-20-21-5-4-6-23(32)17-21/h7-12,18-19,21,23,26H,3-6,13-17,20,32H2,1H3,(H,34,35)/t21-,23-/m0/s1. The summed E-state index contributed by atoms with van der Waals surface area (Å²) in [5, 5.41) is 8.37. The van der Waals surface area contributed by atoms with Crippen LogP contribution in [-0.2, 0) is 4.74 Å². The molecule has 2 heterocycles. The summed E-state index contributed by atoms with van der Waals surface area (Å²) in [6.07, 6.45) is 6.87. The van der Waals surface area contributed by atoms with Gasteiger partial charge in [0.15, 0.2) is 0 Å². The Morgan fingerprint density at radius 2 is 1.84 bits per heavy atom. The maximum Gasteiger partial charge on any atom is 0.222 e. The second-order valence-electron chi connectivity index (χ2n) is 10.4. The first-order valence-electron chi connectivity index (χ1n) is 13.8. The Bertz CT molecular complexity index is 1260. The van der Waals surface area contributed by atoms with E-state index in [-0.39, 0.29) is 11.7 Å². The van der Waals surface area contributed by atoms with Gasteiger partial charge in [-0.1, -0.05) is 18.6 Å². The highest BCUT2D eigenvalue weighted by Gasteiger charge is 2.22. The van der Waals surface area contributed by atoms with Crippen LogP contribution in [0.2, 0.25) is 0 Å². The number of halogens is 1. The Hall–Kier alpha value is -3.41. The second kappa shape index (κ2) is 12.0. The van der Waals surface area contributed by atoms with Crippen LogP contribution in [0.25, 0.3) is 21.8 Å². The number of ether oxygens (including phenoxy) is 1. The van der Waals surface area contributed by atoms with E-state index >= 15 is 0 Å². The summed E-state index contributed by atoms with van der Waals surface area (Å²) >= 11 is 0. The zero-order chi connectivity index (χ0) is 26.5. The lowest BCUT2D eigenvalue weighted by molar-refractivity contribution is 0.0459. The largest absolute Gasteiger partial charge is 0.378 e. The minimum Gasteiger partial charge on any atom is -0.378 e. The van der Waals surface area contributed by atoms with E-state index in [0.717, 1.165) is 75.5 Å². The lowest BCUT2D eigenvalue weighted by Crippen LogP contribution is -2.37. The molecule has 0 amide bonds. The molecule has 0 radical (unpaired) electrons. The molecule has 2 atom stereocenters. The van der Waals surface area contributed by atoms with Crippen molar-refractivity contribution in [3.05, 3.63) is 65.8 Å². The van der Waals surface area contributed by atoms with Crippen LogP contribution in [0.1, 0.15) is 45.4 Å². The lowest BCUT2D eigenvalue weighted by atomic mass is 9.86. The van der Waals surface area contributed by atoms with Gasteiger partial charge in [0.1, 0.15) is 11.6 Å². The Balaban J connectivity index is 1.38. The van der Waals surface area contributed by atoms with Crippen molar-refractivity contribution in [3.63, 3.8) is 0 Å². The van der Waals surface area contributed by atoms with Crippen molar-refractivity contribution in [1.29, 1.82) is 0 Å². The normalized spacial score (nSPS) is 20.3. The number of nitrogens with zero attached hydrogens (tertiary/aromatic N) is 4. The van der Waals surface area contributed by atoms with Gasteiger partial charge in [0.2, 0.25) is 5.69 Å². The molecule has 0 unspecified atom stereocenters. The second-order valence-corrected chi connectivity index (χ2v) is 10.4. The van der Waals surface area contributed by atoms with Gasteiger partial charge in [-0.3, -0.25) is 0 Å². The molecule has 1 aliphatic heterocycles. The van der Waals surface area contributed by atoms with Crippen LogP contribution < -0.4 is 16.0 Å². The first kappa shape index (κ1) is 26.2. The molecule has 2 aliphatic rings. The minimum absolute atomic E-state index is 0.0178. The predicted octanol–water partition coefficient (Wildman–Crippen LogP) is 6.16. The van der Waals surface area contributed by atoms with E-state index in [0.29, 0.717) is 17.6 Å². The maximum atomic E-state index is 14.6. The zero-order valence-electron chi connectivity index (χ0n) is 22.1. The van der Waals surface area contributed by atoms with Crippen LogP contribution in [0.3, 0.4) is 0 Å². The Labute approximate surface area is 224 Å². The molecule has 1 saturated heterocycles. The molecule has 1 saturated carbocycles. The fourth-order valence-electron chi connectivity index (χ4n) is 5.71. The van der Waals surface area contributed by atoms with Gasteiger partial charge < -0.3 is 20.7 Å². The van der Waals surface area contributed by atoms with Crippen molar-refractivity contribution in [1.82, 2.24) is 9.78 Å². The number of nitrogens with two attached hydrogens (primary N) is 1. The molecule has 2 fully saturated rings. The highest BCUT2D eigenvalue weighted by atomic mass is 19.1. The van der Waals surface area contributed by atoms with Gasteiger partial charge in [-0.05, 0) is 75.3 Å². The molecular formula is C30H37FN6O. The van der Waals surface area contributed by atoms with Gasteiger partial charge in [0.25, 0.3) is 0 Å². The van der Waals surface area contributed by atoms with E-state index in [1.165, 1.54) is 24.2 Å². The molecule has 1 aliphatic carbocycles. The summed E-state index contributed by atoms with van der Waals surface area (Å²) < 4.78 is 22.2. The first-order chi connectivity index (χ1) is 18.5. The summed E-state index contributed by atoms with van der Waals surface area (Å²) in [6, 6.07) is 15.3. The Morgan fingerprint density at radius 1 is 1.08 bits per heavy atom. The molecule has 3 aromatic rings. The molecule has 2 aromatic carbocycles. The van der Waals surface area contributed by atoms with Crippen molar-refractivity contribution in [2.24, 2.45) is 11.7 Å². The summed E-state index contributed by atoms with van der Waals surface area (Å²) in [4.78, 5) is 5.66. The number of piperidine rings is 1. The first-order valence-corrected chi connectivity index (χ1v) is 13.8. The van der Waals surface area contributed by atoms with Crippen LogP contribution in [0, 0.1) is 18.3 Å².